The van der Waals surface area contributed by atoms with Crippen LogP contribution in [0.5, 0.6) is 0 Å². The molecule has 1 rings (SSSR count). The van der Waals surface area contributed by atoms with Gasteiger partial charge in [-0.2, -0.15) is 0 Å². The summed E-state index contributed by atoms with van der Waals surface area (Å²) < 4.78 is 5.26. The predicted octanol–water partition coefficient (Wildman–Crippen LogP) is 2.18. The first-order valence-electron chi connectivity index (χ1n) is 4.28. The van der Waals surface area contributed by atoms with Crippen molar-refractivity contribution in [2.45, 2.75) is 6.23 Å². The first-order valence-corrected chi connectivity index (χ1v) is 4.28. The molecule has 5 heteroatoms. The van der Waals surface area contributed by atoms with Crippen LogP contribution < -0.4 is 0 Å². The Bertz CT molecular complexity index is 254. The number of methoxy groups -OCH3 is 1. The molecule has 1 atom stereocenters. The van der Waals surface area contributed by atoms with Gasteiger partial charge < -0.3 is 4.74 Å². The number of hydrogen-bond donors (Lipinski definition) is 0. The van der Waals surface area contributed by atoms with E-state index in [2.05, 4.69) is 0 Å². The molecule has 86 valence electrons. The third kappa shape index (κ3) is 3.77. The highest BCUT2D eigenvalue weighted by Crippen LogP contribution is 2.20. The molecule has 0 amide bonds. The minimum atomic E-state index is -0.355. The van der Waals surface area contributed by atoms with E-state index in [0.29, 0.717) is 0 Å². The third-order valence-electron chi connectivity index (χ3n) is 1.86. The molecule has 0 bridgehead atoms. The number of benzene rings is 1. The van der Waals surface area contributed by atoms with Crippen molar-refractivity contribution in [3.8, 4) is 0 Å². The Kier molecular flexibility index (Phi) is 7.29. The zero-order chi connectivity index (χ0) is 10.4. The van der Waals surface area contributed by atoms with Crippen molar-refractivity contribution >= 4 is 12.4 Å². The van der Waals surface area contributed by atoms with Gasteiger partial charge in [-0.25, -0.2) is 0 Å². The summed E-state index contributed by atoms with van der Waals surface area (Å²) in [6, 6.07) is 9.70. The Balaban J connectivity index is 0.00000196. The van der Waals surface area contributed by atoms with Gasteiger partial charge in [0, 0.05) is 12.7 Å². The molecule has 0 saturated heterocycles. The highest BCUT2D eigenvalue weighted by Gasteiger charge is 2.19. The van der Waals surface area contributed by atoms with Crippen LogP contribution in [0.3, 0.4) is 0 Å². The Labute approximate surface area is 96.1 Å². The first kappa shape index (κ1) is 14.3. The van der Waals surface area contributed by atoms with Crippen LogP contribution in [0.1, 0.15) is 11.8 Å². The summed E-state index contributed by atoms with van der Waals surface area (Å²) in [5, 5.41) is 1.29. The molecule has 1 unspecified atom stereocenters. The van der Waals surface area contributed by atoms with E-state index in [4.69, 9.17) is 14.4 Å². The van der Waals surface area contributed by atoms with Gasteiger partial charge in [0.1, 0.15) is 0 Å². The van der Waals surface area contributed by atoms with Gasteiger partial charge in [-0.05, 0) is 5.23 Å². The quantitative estimate of drug-likeness (QED) is 0.576. The third-order valence-corrected chi connectivity index (χ3v) is 1.86. The lowest BCUT2D eigenvalue weighted by molar-refractivity contribution is -0.404. The fourth-order valence-electron chi connectivity index (χ4n) is 1.23. The smallest absolute Gasteiger partial charge is 0.185 e. The van der Waals surface area contributed by atoms with Crippen LogP contribution in [-0.2, 0) is 14.4 Å². The molecular formula is C10H16ClNO3. The number of rotatable bonds is 5. The lowest BCUT2D eigenvalue weighted by Crippen LogP contribution is -2.28. The van der Waals surface area contributed by atoms with Gasteiger partial charge in [-0.3, -0.25) is 9.68 Å². The van der Waals surface area contributed by atoms with Crippen molar-refractivity contribution in [1.82, 2.24) is 5.23 Å². The SMILES string of the molecule is COC(c1ccccc1)N(OC)OC.Cl. The average Bonchev–Trinajstić information content (AvgIpc) is 2.27. The van der Waals surface area contributed by atoms with Crippen molar-refractivity contribution in [3.63, 3.8) is 0 Å². The number of ether oxygens (including phenoxy) is 1. The van der Waals surface area contributed by atoms with E-state index < -0.39 is 0 Å². The minimum Gasteiger partial charge on any atom is -0.357 e. The molecular weight excluding hydrogens is 218 g/mol. The van der Waals surface area contributed by atoms with Gasteiger partial charge >= 0.3 is 0 Å². The second-order valence-corrected chi connectivity index (χ2v) is 2.65. The van der Waals surface area contributed by atoms with E-state index >= 15 is 0 Å². The van der Waals surface area contributed by atoms with Crippen molar-refractivity contribution in [1.29, 1.82) is 0 Å². The monoisotopic (exact) mass is 233 g/mol. The Morgan fingerprint density at radius 2 is 1.53 bits per heavy atom. The van der Waals surface area contributed by atoms with Crippen LogP contribution in [0.4, 0.5) is 0 Å². The summed E-state index contributed by atoms with van der Waals surface area (Å²) in [6.07, 6.45) is -0.355. The molecule has 4 nitrogen and oxygen atoms in total. The van der Waals surface area contributed by atoms with E-state index in [-0.39, 0.29) is 18.6 Å². The van der Waals surface area contributed by atoms with Crippen molar-refractivity contribution < 1.29 is 14.4 Å². The number of hydroxylamine groups is 2. The molecule has 0 N–H and O–H groups in total. The molecule has 0 aliphatic carbocycles. The normalized spacial score (nSPS) is 12.3. The van der Waals surface area contributed by atoms with Gasteiger partial charge in [0.2, 0.25) is 0 Å². The van der Waals surface area contributed by atoms with Crippen LogP contribution in [0, 0.1) is 0 Å². The van der Waals surface area contributed by atoms with E-state index in [1.165, 1.54) is 19.4 Å². The van der Waals surface area contributed by atoms with Crippen molar-refractivity contribution in [2.75, 3.05) is 21.3 Å². The van der Waals surface area contributed by atoms with Crippen LogP contribution in [0.15, 0.2) is 30.3 Å². The number of halogens is 1. The molecule has 0 fully saturated rings. The molecule has 0 saturated carbocycles. The molecule has 0 aliphatic heterocycles. The van der Waals surface area contributed by atoms with Crippen LogP contribution >= 0.6 is 12.4 Å². The van der Waals surface area contributed by atoms with E-state index in [0.717, 1.165) is 5.56 Å². The van der Waals surface area contributed by atoms with Gasteiger partial charge in [0.15, 0.2) is 6.23 Å². The lowest BCUT2D eigenvalue weighted by atomic mass is 10.2. The summed E-state index contributed by atoms with van der Waals surface area (Å²) in [5.74, 6) is 0. The fourth-order valence-corrected chi connectivity index (χ4v) is 1.23. The lowest BCUT2D eigenvalue weighted by Gasteiger charge is -2.25. The van der Waals surface area contributed by atoms with E-state index in [9.17, 15) is 0 Å². The van der Waals surface area contributed by atoms with Crippen molar-refractivity contribution in [2.24, 2.45) is 0 Å². The van der Waals surface area contributed by atoms with Crippen LogP contribution in [0.2, 0.25) is 0 Å². The zero-order valence-corrected chi connectivity index (χ0v) is 9.86. The molecule has 0 aliphatic rings. The van der Waals surface area contributed by atoms with Crippen LogP contribution in [0.25, 0.3) is 0 Å². The number of nitrogens with zero attached hydrogens (tertiary/aromatic N) is 1. The average molecular weight is 234 g/mol. The summed E-state index contributed by atoms with van der Waals surface area (Å²) in [4.78, 5) is 9.99. The zero-order valence-electron chi connectivity index (χ0n) is 9.04. The Hall–Kier alpha value is -0.650. The van der Waals surface area contributed by atoms with Gasteiger partial charge in [0.25, 0.3) is 0 Å². The standard InChI is InChI=1S/C10H15NO3.ClH/c1-12-10(11(13-2)14-3)9-7-5-4-6-8-9;/h4-8,10H,1-3H3;1H. The summed E-state index contributed by atoms with van der Waals surface area (Å²) >= 11 is 0. The molecule has 0 spiro atoms. The summed E-state index contributed by atoms with van der Waals surface area (Å²) in [5.41, 5.74) is 0.971. The van der Waals surface area contributed by atoms with Crippen molar-refractivity contribution in [3.05, 3.63) is 35.9 Å². The highest BCUT2D eigenvalue weighted by atomic mass is 35.5. The second kappa shape index (κ2) is 7.62. The predicted molar refractivity (Wildman–Crippen MR) is 59.3 cm³/mol. The highest BCUT2D eigenvalue weighted by molar-refractivity contribution is 5.85. The second-order valence-electron chi connectivity index (χ2n) is 2.65. The first-order chi connectivity index (χ1) is 6.83. The minimum absolute atomic E-state index is 0. The Morgan fingerprint density at radius 1 is 1.00 bits per heavy atom. The van der Waals surface area contributed by atoms with Gasteiger partial charge in [-0.1, -0.05) is 30.3 Å². The maximum Gasteiger partial charge on any atom is 0.185 e. The van der Waals surface area contributed by atoms with Gasteiger partial charge in [-0.15, -0.1) is 12.4 Å². The molecule has 0 heterocycles. The molecule has 1 aromatic carbocycles. The van der Waals surface area contributed by atoms with Gasteiger partial charge in [0.05, 0.1) is 14.2 Å². The fraction of sp³-hybridized carbons (Fsp3) is 0.400. The largest absolute Gasteiger partial charge is 0.357 e. The van der Waals surface area contributed by atoms with E-state index in [1.807, 2.05) is 30.3 Å². The molecule has 15 heavy (non-hydrogen) atoms. The van der Waals surface area contributed by atoms with Crippen LogP contribution in [-0.4, -0.2) is 26.6 Å². The topological polar surface area (TPSA) is 30.9 Å². The summed E-state index contributed by atoms with van der Waals surface area (Å²) in [6.45, 7) is 0. The number of hydrogen-bond acceptors (Lipinski definition) is 4. The molecule has 0 aromatic heterocycles. The maximum absolute atomic E-state index is 5.26. The summed E-state index contributed by atoms with van der Waals surface area (Å²) in [7, 11) is 4.65. The molecule has 0 radical (unpaired) electrons. The van der Waals surface area contributed by atoms with E-state index in [1.54, 1.807) is 7.11 Å². The molecule has 1 aromatic rings. The maximum atomic E-state index is 5.26. The Morgan fingerprint density at radius 3 is 1.93 bits per heavy atom.